The Hall–Kier alpha value is -1.78. The zero-order valence-corrected chi connectivity index (χ0v) is 11.9. The Morgan fingerprint density at radius 3 is 2.80 bits per heavy atom. The van der Waals surface area contributed by atoms with Crippen LogP contribution in [0.2, 0.25) is 0 Å². The highest BCUT2D eigenvalue weighted by Crippen LogP contribution is 2.30. The van der Waals surface area contributed by atoms with Gasteiger partial charge in [-0.05, 0) is 31.4 Å². The summed E-state index contributed by atoms with van der Waals surface area (Å²) in [7, 11) is 1.78. The van der Waals surface area contributed by atoms with Crippen molar-refractivity contribution in [1.82, 2.24) is 4.90 Å². The molecule has 1 aromatic carbocycles. The molecule has 4 nitrogen and oxygen atoms in total. The van der Waals surface area contributed by atoms with E-state index in [2.05, 4.69) is 0 Å². The van der Waals surface area contributed by atoms with E-state index in [4.69, 9.17) is 10.5 Å². The van der Waals surface area contributed by atoms with Crippen molar-refractivity contribution in [1.29, 1.82) is 0 Å². The molecule has 0 saturated heterocycles. The minimum absolute atomic E-state index is 0.0118. The van der Waals surface area contributed by atoms with Crippen molar-refractivity contribution >= 4 is 11.6 Å². The lowest BCUT2D eigenvalue weighted by atomic mass is 9.91. The monoisotopic (exact) mass is 280 g/mol. The van der Waals surface area contributed by atoms with Crippen LogP contribution in [0, 0.1) is 5.82 Å². The molecule has 2 atom stereocenters. The largest absolute Gasteiger partial charge is 0.486 e. The van der Waals surface area contributed by atoms with Gasteiger partial charge in [-0.3, -0.25) is 4.79 Å². The third-order valence-corrected chi connectivity index (χ3v) is 3.92. The van der Waals surface area contributed by atoms with E-state index < -0.39 is 0 Å². The Bertz CT molecular complexity index is 493. The summed E-state index contributed by atoms with van der Waals surface area (Å²) in [6, 6.07) is 4.12. The van der Waals surface area contributed by atoms with E-state index in [1.807, 2.05) is 0 Å². The van der Waals surface area contributed by atoms with Crippen molar-refractivity contribution in [2.75, 3.05) is 12.8 Å². The summed E-state index contributed by atoms with van der Waals surface area (Å²) in [4.78, 5) is 13.3. The van der Waals surface area contributed by atoms with Crippen LogP contribution in [0.4, 0.5) is 10.1 Å². The molecule has 110 valence electrons. The van der Waals surface area contributed by atoms with Crippen molar-refractivity contribution in [2.45, 2.75) is 44.8 Å². The van der Waals surface area contributed by atoms with E-state index in [1.54, 1.807) is 18.9 Å². The molecule has 1 aliphatic rings. The quantitative estimate of drug-likeness (QED) is 0.866. The van der Waals surface area contributed by atoms with Crippen LogP contribution >= 0.6 is 0 Å². The number of carbonyl (C=O) groups excluding carboxylic acids is 1. The molecule has 0 spiro atoms. The zero-order chi connectivity index (χ0) is 14.7. The number of likely N-dealkylation sites (N-methyl/N-ethyl adjacent to an activating group) is 1. The van der Waals surface area contributed by atoms with Gasteiger partial charge < -0.3 is 15.4 Å². The number of benzene rings is 1. The fourth-order valence-corrected chi connectivity index (χ4v) is 2.66. The Labute approximate surface area is 118 Å². The summed E-state index contributed by atoms with van der Waals surface area (Å²) in [5.41, 5.74) is 6.23. The molecule has 0 radical (unpaired) electrons. The van der Waals surface area contributed by atoms with Crippen LogP contribution in [0.1, 0.15) is 32.6 Å². The first kappa shape index (κ1) is 14.6. The molecule has 0 aliphatic heterocycles. The van der Waals surface area contributed by atoms with Crippen LogP contribution in [0.5, 0.6) is 5.75 Å². The van der Waals surface area contributed by atoms with Crippen LogP contribution in [-0.4, -0.2) is 30.0 Å². The molecule has 0 heterocycles. The van der Waals surface area contributed by atoms with Gasteiger partial charge in [0.1, 0.15) is 17.7 Å². The van der Waals surface area contributed by atoms with Gasteiger partial charge in [-0.15, -0.1) is 0 Å². The summed E-state index contributed by atoms with van der Waals surface area (Å²) < 4.78 is 19.2. The van der Waals surface area contributed by atoms with Gasteiger partial charge in [0.25, 0.3) is 0 Å². The third kappa shape index (κ3) is 3.21. The van der Waals surface area contributed by atoms with Crippen LogP contribution in [0.3, 0.4) is 0 Å². The molecule has 1 fully saturated rings. The number of nitrogens with zero attached hydrogens (tertiary/aromatic N) is 1. The molecular weight excluding hydrogens is 259 g/mol. The molecule has 1 aliphatic carbocycles. The van der Waals surface area contributed by atoms with Crippen molar-refractivity contribution in [3.8, 4) is 5.75 Å². The highest BCUT2D eigenvalue weighted by Gasteiger charge is 2.31. The molecule has 1 aromatic rings. The fraction of sp³-hybridized carbons (Fsp3) is 0.533. The van der Waals surface area contributed by atoms with Crippen molar-refractivity contribution < 1.29 is 13.9 Å². The maximum atomic E-state index is 13.3. The molecule has 0 aromatic heterocycles. The van der Waals surface area contributed by atoms with Gasteiger partial charge in [-0.2, -0.15) is 0 Å². The number of halogens is 1. The minimum atomic E-state index is -0.374. The van der Waals surface area contributed by atoms with Gasteiger partial charge in [0.15, 0.2) is 0 Å². The zero-order valence-electron chi connectivity index (χ0n) is 11.9. The van der Waals surface area contributed by atoms with Gasteiger partial charge in [0.05, 0.1) is 11.7 Å². The topological polar surface area (TPSA) is 55.6 Å². The maximum Gasteiger partial charge on any atom is 0.219 e. The Balaban J connectivity index is 2.16. The van der Waals surface area contributed by atoms with E-state index in [1.165, 1.54) is 18.2 Å². The Morgan fingerprint density at radius 1 is 1.40 bits per heavy atom. The summed E-state index contributed by atoms with van der Waals surface area (Å²) >= 11 is 0. The fourth-order valence-electron chi connectivity index (χ4n) is 2.66. The number of nitrogens with two attached hydrogens (primary N) is 1. The number of ether oxygens (including phenoxy) is 1. The van der Waals surface area contributed by atoms with E-state index in [9.17, 15) is 9.18 Å². The van der Waals surface area contributed by atoms with Gasteiger partial charge >= 0.3 is 0 Å². The molecule has 2 unspecified atom stereocenters. The number of hydrogen-bond acceptors (Lipinski definition) is 3. The lowest BCUT2D eigenvalue weighted by Crippen LogP contribution is -2.48. The number of amides is 1. The number of anilines is 1. The normalized spacial score (nSPS) is 22.4. The van der Waals surface area contributed by atoms with Gasteiger partial charge in [-0.25, -0.2) is 4.39 Å². The van der Waals surface area contributed by atoms with Gasteiger partial charge in [0, 0.05) is 20.0 Å². The Kier molecular flexibility index (Phi) is 4.47. The maximum absolute atomic E-state index is 13.3. The van der Waals surface area contributed by atoms with Crippen molar-refractivity contribution in [3.05, 3.63) is 24.0 Å². The summed E-state index contributed by atoms with van der Waals surface area (Å²) in [6.45, 7) is 1.54. The first-order chi connectivity index (χ1) is 9.49. The number of hydrogen-bond donors (Lipinski definition) is 1. The Morgan fingerprint density at radius 2 is 2.10 bits per heavy atom. The van der Waals surface area contributed by atoms with Crippen LogP contribution in [0.15, 0.2) is 18.2 Å². The van der Waals surface area contributed by atoms with E-state index in [0.29, 0.717) is 11.4 Å². The number of rotatable bonds is 3. The molecule has 5 heteroatoms. The van der Waals surface area contributed by atoms with Crippen LogP contribution in [-0.2, 0) is 4.79 Å². The van der Waals surface area contributed by atoms with E-state index in [0.717, 1.165) is 25.7 Å². The smallest absolute Gasteiger partial charge is 0.219 e. The number of nitrogen functional groups attached to an aromatic ring is 1. The molecule has 2 N–H and O–H groups in total. The molecule has 1 amide bonds. The predicted octanol–water partition coefficient (Wildman–Crippen LogP) is 2.58. The van der Waals surface area contributed by atoms with Crippen LogP contribution in [0.25, 0.3) is 0 Å². The number of carbonyl (C=O) groups is 1. The average molecular weight is 280 g/mol. The lowest BCUT2D eigenvalue weighted by Gasteiger charge is -2.37. The average Bonchev–Trinajstić information content (AvgIpc) is 2.42. The summed E-state index contributed by atoms with van der Waals surface area (Å²) in [5, 5.41) is 0. The molecule has 0 bridgehead atoms. The first-order valence-electron chi connectivity index (χ1n) is 6.94. The van der Waals surface area contributed by atoms with Crippen molar-refractivity contribution in [2.24, 2.45) is 0 Å². The predicted molar refractivity (Wildman–Crippen MR) is 75.9 cm³/mol. The molecule has 1 saturated carbocycles. The summed E-state index contributed by atoms with van der Waals surface area (Å²) in [5.74, 6) is -0.00181. The second-order valence-corrected chi connectivity index (χ2v) is 5.32. The molecule has 20 heavy (non-hydrogen) atoms. The van der Waals surface area contributed by atoms with Gasteiger partial charge in [0.2, 0.25) is 5.91 Å². The van der Waals surface area contributed by atoms with Crippen LogP contribution < -0.4 is 10.5 Å². The molecule has 2 rings (SSSR count). The van der Waals surface area contributed by atoms with Gasteiger partial charge in [-0.1, -0.05) is 6.42 Å². The van der Waals surface area contributed by atoms with Crippen molar-refractivity contribution in [3.63, 3.8) is 0 Å². The highest BCUT2D eigenvalue weighted by atomic mass is 19.1. The lowest BCUT2D eigenvalue weighted by molar-refractivity contribution is -0.132. The second-order valence-electron chi connectivity index (χ2n) is 5.32. The highest BCUT2D eigenvalue weighted by molar-refractivity contribution is 5.73. The van der Waals surface area contributed by atoms with E-state index >= 15 is 0 Å². The van der Waals surface area contributed by atoms with E-state index in [-0.39, 0.29) is 23.9 Å². The standard InChI is InChI=1S/C15H21FN2O2/c1-10(19)18(2)13-5-3-4-6-14(13)20-15-9-11(16)7-8-12(15)17/h7-9,13-14H,3-6,17H2,1-2H3. The summed E-state index contributed by atoms with van der Waals surface area (Å²) in [6.07, 6.45) is 3.72. The SMILES string of the molecule is CC(=O)N(C)C1CCCCC1Oc1cc(F)ccc1N. The molecular formula is C15H21FN2O2. The third-order valence-electron chi connectivity index (χ3n) is 3.92. The second kappa shape index (κ2) is 6.11. The first-order valence-corrected chi connectivity index (χ1v) is 6.94. The minimum Gasteiger partial charge on any atom is -0.486 e.